The molecule has 2 aromatic heterocycles. The first-order valence-electron chi connectivity index (χ1n) is 8.39. The summed E-state index contributed by atoms with van der Waals surface area (Å²) in [7, 11) is 0. The Balaban J connectivity index is 1.72. The molecule has 0 bridgehead atoms. The van der Waals surface area contributed by atoms with Gasteiger partial charge in [0.05, 0.1) is 0 Å². The third kappa shape index (κ3) is 4.07. The monoisotopic (exact) mass is 325 g/mol. The normalized spacial score (nSPS) is 17.6. The lowest BCUT2D eigenvalue weighted by atomic mass is 10.00. The Morgan fingerprint density at radius 3 is 3.04 bits per heavy atom. The number of hydrogen-bond donors (Lipinski definition) is 1. The van der Waals surface area contributed by atoms with Crippen LogP contribution in [0.1, 0.15) is 41.5 Å². The number of aromatic nitrogens is 3. The summed E-state index contributed by atoms with van der Waals surface area (Å²) in [4.78, 5) is 27.5. The predicted molar refractivity (Wildman–Crippen MR) is 92.6 cm³/mol. The summed E-state index contributed by atoms with van der Waals surface area (Å²) in [6.45, 7) is 6.26. The van der Waals surface area contributed by atoms with Crippen molar-refractivity contribution in [3.05, 3.63) is 47.5 Å². The molecule has 1 N–H and O–H groups in total. The topological polar surface area (TPSA) is 71.0 Å². The Kier molecular flexibility index (Phi) is 5.03. The molecule has 1 amide bonds. The van der Waals surface area contributed by atoms with E-state index in [2.05, 4.69) is 27.2 Å². The minimum atomic E-state index is -0.00326. The number of aryl methyl sites for hydroxylation is 1. The summed E-state index contributed by atoms with van der Waals surface area (Å²) in [6.07, 6.45) is 5.78. The van der Waals surface area contributed by atoms with Gasteiger partial charge in [-0.05, 0) is 43.4 Å². The largest absolute Gasteiger partial charge is 0.350 e. The van der Waals surface area contributed by atoms with Crippen LogP contribution in [0.5, 0.6) is 0 Å². The number of hydrogen-bond acceptors (Lipinski definition) is 5. The molecule has 0 aliphatic carbocycles. The zero-order chi connectivity index (χ0) is 16.9. The maximum Gasteiger partial charge on any atom is 0.272 e. The van der Waals surface area contributed by atoms with Crippen molar-refractivity contribution in [2.24, 2.45) is 5.92 Å². The van der Waals surface area contributed by atoms with Crippen molar-refractivity contribution in [1.29, 1.82) is 0 Å². The van der Waals surface area contributed by atoms with Gasteiger partial charge in [-0.25, -0.2) is 9.97 Å². The van der Waals surface area contributed by atoms with Gasteiger partial charge in [-0.2, -0.15) is 0 Å². The predicted octanol–water partition coefficient (Wildman–Crippen LogP) is 2.66. The highest BCUT2D eigenvalue weighted by atomic mass is 16.2. The second-order valence-corrected chi connectivity index (χ2v) is 6.43. The minimum Gasteiger partial charge on any atom is -0.350 e. The molecule has 1 fully saturated rings. The van der Waals surface area contributed by atoms with Crippen molar-refractivity contribution < 1.29 is 4.79 Å². The highest BCUT2D eigenvalue weighted by Crippen LogP contribution is 2.18. The van der Waals surface area contributed by atoms with E-state index in [9.17, 15) is 4.79 Å². The molecule has 6 nitrogen and oxygen atoms in total. The first-order chi connectivity index (χ1) is 11.6. The molecule has 1 atom stereocenters. The molecule has 2 aromatic rings. The van der Waals surface area contributed by atoms with Crippen molar-refractivity contribution in [2.45, 2.75) is 33.2 Å². The Bertz CT molecular complexity index is 704. The summed E-state index contributed by atoms with van der Waals surface area (Å²) >= 11 is 0. The number of nitrogens with one attached hydrogen (secondary N) is 1. The third-order valence-electron chi connectivity index (χ3n) is 4.19. The van der Waals surface area contributed by atoms with Gasteiger partial charge < -0.3 is 10.2 Å². The number of nitrogens with zero attached hydrogens (tertiary/aromatic N) is 4. The summed E-state index contributed by atoms with van der Waals surface area (Å²) in [5.41, 5.74) is 2.29. The summed E-state index contributed by atoms with van der Waals surface area (Å²) < 4.78 is 0. The van der Waals surface area contributed by atoms with Crippen LogP contribution < -0.4 is 5.32 Å². The number of pyridine rings is 1. The molecule has 1 aliphatic heterocycles. The van der Waals surface area contributed by atoms with Crippen LogP contribution in [-0.4, -0.2) is 38.8 Å². The van der Waals surface area contributed by atoms with Crippen LogP contribution in [-0.2, 0) is 6.54 Å². The Morgan fingerprint density at radius 2 is 2.29 bits per heavy atom. The zero-order valence-corrected chi connectivity index (χ0v) is 14.2. The molecule has 3 rings (SSSR count). The molecule has 0 aromatic carbocycles. The second kappa shape index (κ2) is 7.38. The van der Waals surface area contributed by atoms with Gasteiger partial charge >= 0.3 is 0 Å². The van der Waals surface area contributed by atoms with Crippen LogP contribution in [0.2, 0.25) is 0 Å². The van der Waals surface area contributed by atoms with Crippen LogP contribution in [0.3, 0.4) is 0 Å². The molecule has 1 unspecified atom stereocenters. The standard InChI is InChI=1S/C18H23N5O/c1-13-5-4-8-23(12-13)17(24)16-9-14(2)21-18(22-16)20-11-15-6-3-7-19-10-15/h3,6-7,9-10,13H,4-5,8,11-12H2,1-2H3,(H,20,21,22). The summed E-state index contributed by atoms with van der Waals surface area (Å²) in [5, 5.41) is 3.18. The molecule has 0 saturated carbocycles. The van der Waals surface area contributed by atoms with Crippen molar-refractivity contribution in [1.82, 2.24) is 19.9 Å². The molecule has 1 saturated heterocycles. The van der Waals surface area contributed by atoms with E-state index < -0.39 is 0 Å². The second-order valence-electron chi connectivity index (χ2n) is 6.43. The maximum atomic E-state index is 12.7. The van der Waals surface area contributed by atoms with E-state index >= 15 is 0 Å². The van der Waals surface area contributed by atoms with E-state index in [4.69, 9.17) is 0 Å². The SMILES string of the molecule is Cc1cc(C(=O)N2CCCC(C)C2)nc(NCc2cccnc2)n1. The van der Waals surface area contributed by atoms with Crippen molar-refractivity contribution in [2.75, 3.05) is 18.4 Å². The summed E-state index contributed by atoms with van der Waals surface area (Å²) in [6, 6.07) is 5.63. The molecule has 6 heteroatoms. The van der Waals surface area contributed by atoms with E-state index in [0.29, 0.717) is 24.1 Å². The maximum absolute atomic E-state index is 12.7. The number of amides is 1. The lowest BCUT2D eigenvalue weighted by molar-refractivity contribution is 0.0677. The smallest absolute Gasteiger partial charge is 0.272 e. The van der Waals surface area contributed by atoms with Gasteiger partial charge in [-0.1, -0.05) is 13.0 Å². The van der Waals surface area contributed by atoms with E-state index in [1.54, 1.807) is 18.5 Å². The van der Waals surface area contributed by atoms with Crippen LogP contribution in [0.4, 0.5) is 5.95 Å². The van der Waals surface area contributed by atoms with Gasteiger partial charge in [0.2, 0.25) is 5.95 Å². The lowest BCUT2D eigenvalue weighted by Crippen LogP contribution is -2.39. The minimum absolute atomic E-state index is 0.00326. The van der Waals surface area contributed by atoms with E-state index in [0.717, 1.165) is 30.8 Å². The number of piperidine rings is 1. The van der Waals surface area contributed by atoms with Gasteiger partial charge in [0.25, 0.3) is 5.91 Å². The number of anilines is 1. The number of carbonyl (C=O) groups excluding carboxylic acids is 1. The number of likely N-dealkylation sites (tertiary alicyclic amines) is 1. The highest BCUT2D eigenvalue weighted by molar-refractivity contribution is 5.92. The molecule has 1 aliphatic rings. The van der Waals surface area contributed by atoms with Crippen molar-refractivity contribution >= 4 is 11.9 Å². The van der Waals surface area contributed by atoms with Gasteiger partial charge in [-0.3, -0.25) is 9.78 Å². The van der Waals surface area contributed by atoms with Crippen molar-refractivity contribution in [3.8, 4) is 0 Å². The van der Waals surface area contributed by atoms with Crippen LogP contribution in [0.25, 0.3) is 0 Å². The lowest BCUT2D eigenvalue weighted by Gasteiger charge is -2.30. The fourth-order valence-corrected chi connectivity index (χ4v) is 2.98. The van der Waals surface area contributed by atoms with Crippen LogP contribution >= 0.6 is 0 Å². The molecular weight excluding hydrogens is 302 g/mol. The van der Waals surface area contributed by atoms with E-state index in [1.807, 2.05) is 24.0 Å². The average Bonchev–Trinajstić information content (AvgIpc) is 2.60. The molecular formula is C18H23N5O. The van der Waals surface area contributed by atoms with Gasteiger partial charge in [0.1, 0.15) is 5.69 Å². The molecule has 3 heterocycles. The molecule has 0 radical (unpaired) electrons. The number of rotatable bonds is 4. The fraction of sp³-hybridized carbons (Fsp3) is 0.444. The average molecular weight is 325 g/mol. The van der Waals surface area contributed by atoms with Gasteiger partial charge in [0, 0.05) is 37.7 Å². The Hall–Kier alpha value is -2.50. The zero-order valence-electron chi connectivity index (χ0n) is 14.2. The first kappa shape index (κ1) is 16.4. The van der Waals surface area contributed by atoms with Crippen LogP contribution in [0, 0.1) is 12.8 Å². The quantitative estimate of drug-likeness (QED) is 0.936. The third-order valence-corrected chi connectivity index (χ3v) is 4.19. The fourth-order valence-electron chi connectivity index (χ4n) is 2.98. The Morgan fingerprint density at radius 1 is 1.42 bits per heavy atom. The molecule has 24 heavy (non-hydrogen) atoms. The molecule has 126 valence electrons. The van der Waals surface area contributed by atoms with Crippen molar-refractivity contribution in [3.63, 3.8) is 0 Å². The first-order valence-corrected chi connectivity index (χ1v) is 8.39. The van der Waals surface area contributed by atoms with Crippen LogP contribution in [0.15, 0.2) is 30.6 Å². The summed E-state index contributed by atoms with van der Waals surface area (Å²) in [5.74, 6) is 1.03. The van der Waals surface area contributed by atoms with Gasteiger partial charge in [-0.15, -0.1) is 0 Å². The van der Waals surface area contributed by atoms with E-state index in [1.165, 1.54) is 6.42 Å². The number of carbonyl (C=O) groups is 1. The van der Waals surface area contributed by atoms with E-state index in [-0.39, 0.29) is 5.91 Å². The highest BCUT2D eigenvalue weighted by Gasteiger charge is 2.23. The molecule has 0 spiro atoms. The Labute approximate surface area is 142 Å². The van der Waals surface area contributed by atoms with Gasteiger partial charge in [0.15, 0.2) is 0 Å².